The minimum absolute atomic E-state index is 1.16. The zero-order valence-corrected chi connectivity index (χ0v) is 4.90. The predicted octanol–water partition coefficient (Wildman–Crippen LogP) is -0.399. The van der Waals surface area contributed by atoms with E-state index in [2.05, 4.69) is 0 Å². The summed E-state index contributed by atoms with van der Waals surface area (Å²) in [5.74, 6) is 0. The Balaban J connectivity index is 4.10. The van der Waals surface area contributed by atoms with Crippen LogP contribution in [0.3, 0.4) is 0 Å². The average molecular weight is 127 g/mol. The molecule has 0 heterocycles. The van der Waals surface area contributed by atoms with Crippen LogP contribution >= 0.6 is 0 Å². The Labute approximate surface area is 42.4 Å². The highest BCUT2D eigenvalue weighted by atomic mass is 32.3. The summed E-state index contributed by atoms with van der Waals surface area (Å²) in [4.78, 5) is 0. The van der Waals surface area contributed by atoms with Crippen LogP contribution in [0.25, 0.3) is 0 Å². The lowest BCUT2D eigenvalue weighted by molar-refractivity contribution is 0.104. The molecule has 0 bridgehead atoms. The van der Waals surface area contributed by atoms with Crippen LogP contribution in [0.4, 0.5) is 0 Å². The molecule has 0 saturated heterocycles. The first kappa shape index (κ1) is 6.87. The van der Waals surface area contributed by atoms with Crippen LogP contribution in [0, 0.1) is 0 Å². The van der Waals surface area contributed by atoms with E-state index in [0.717, 1.165) is 14.2 Å². The highest BCUT2D eigenvalue weighted by Crippen LogP contribution is 1.90. The smallest absolute Gasteiger partial charge is 0.292 e. The van der Waals surface area contributed by atoms with E-state index in [9.17, 15) is 8.42 Å². The van der Waals surface area contributed by atoms with Crippen molar-refractivity contribution in [3.63, 3.8) is 0 Å². The molecule has 0 aliphatic rings. The normalized spacial score (nSPS) is 12.6. The second-order valence-electron chi connectivity index (χ2n) is 1.17. The summed E-state index contributed by atoms with van der Waals surface area (Å²) in [7, 11) is -1.67. The predicted molar refractivity (Wildman–Crippen MR) is 24.5 cm³/mol. The zero-order chi connectivity index (χ0) is 6.08. The van der Waals surface area contributed by atoms with Crippen molar-refractivity contribution >= 4 is 10.4 Å². The molecule has 0 saturated carbocycles. The largest absolute Gasteiger partial charge is 0.528 e. The summed E-state index contributed by atoms with van der Waals surface area (Å²) in [6.07, 6.45) is 0. The third-order valence-corrected chi connectivity index (χ3v) is 1.26. The van der Waals surface area contributed by atoms with Crippen molar-refractivity contribution in [2.75, 3.05) is 14.2 Å². The van der Waals surface area contributed by atoms with Gasteiger partial charge in [0.1, 0.15) is 0 Å². The molecule has 0 fully saturated rings. The third-order valence-electron chi connectivity index (χ3n) is 0.421. The van der Waals surface area contributed by atoms with Gasteiger partial charge in [-0.3, -0.25) is 3.81 Å². The van der Waals surface area contributed by atoms with Crippen molar-refractivity contribution < 1.29 is 16.8 Å². The lowest BCUT2D eigenvalue weighted by atomic mass is 11.6. The Morgan fingerprint density at radius 1 is 1.43 bits per heavy atom. The van der Waals surface area contributed by atoms with Gasteiger partial charge in [0.2, 0.25) is 0 Å². The number of hydrogen-bond acceptors (Lipinski definition) is 2. The zero-order valence-electron chi connectivity index (χ0n) is 4.08. The van der Waals surface area contributed by atoms with Gasteiger partial charge >= 0.3 is 10.4 Å². The fourth-order valence-corrected chi connectivity index (χ4v) is 0. The maximum atomic E-state index is 9.78. The molecular weight excluding hydrogens is 120 g/mol. The SMILES string of the molecule is C[O+](C)S(=O)(=O)O. The molecule has 0 aromatic carbocycles. The monoisotopic (exact) mass is 127 g/mol. The molecule has 0 aliphatic carbocycles. The van der Waals surface area contributed by atoms with Crippen molar-refractivity contribution in [1.82, 2.24) is 0 Å². The van der Waals surface area contributed by atoms with E-state index in [4.69, 9.17) is 4.55 Å². The molecule has 44 valence electrons. The molecule has 1 N–H and O–H groups in total. The standard InChI is InChI=1S/C2H6O4S/c1-6(2)7(3,4)5/h1-2H3/p+1. The van der Waals surface area contributed by atoms with Gasteiger partial charge in [0.15, 0.2) is 14.2 Å². The maximum absolute atomic E-state index is 9.78. The highest BCUT2D eigenvalue weighted by Gasteiger charge is 2.12. The van der Waals surface area contributed by atoms with E-state index < -0.39 is 10.4 Å². The fraction of sp³-hybridized carbons (Fsp3) is 1.00. The fourth-order valence-electron chi connectivity index (χ4n) is 0. The van der Waals surface area contributed by atoms with Crippen LogP contribution in [0.2, 0.25) is 0 Å². The summed E-state index contributed by atoms with van der Waals surface area (Å²) in [5.41, 5.74) is 0. The van der Waals surface area contributed by atoms with Gasteiger partial charge in [-0.2, -0.15) is 0 Å². The Bertz CT molecular complexity index is 132. The van der Waals surface area contributed by atoms with Crippen LogP contribution in [0.5, 0.6) is 0 Å². The summed E-state index contributed by atoms with van der Waals surface area (Å²) < 4.78 is 28.9. The van der Waals surface area contributed by atoms with Crippen molar-refractivity contribution in [3.8, 4) is 0 Å². The van der Waals surface area contributed by atoms with E-state index >= 15 is 0 Å². The van der Waals surface area contributed by atoms with Gasteiger partial charge in [-0.1, -0.05) is 0 Å². The minimum atomic E-state index is -3.99. The molecule has 0 amide bonds. The Hall–Kier alpha value is -0.130. The summed E-state index contributed by atoms with van der Waals surface area (Å²) in [6.45, 7) is 0. The maximum Gasteiger partial charge on any atom is 0.528 e. The molecular formula is C2H7O4S+. The van der Waals surface area contributed by atoms with Crippen LogP contribution in [-0.4, -0.2) is 27.2 Å². The first-order chi connectivity index (χ1) is 2.94. The van der Waals surface area contributed by atoms with Gasteiger partial charge in [-0.05, 0) is 0 Å². The van der Waals surface area contributed by atoms with Gasteiger partial charge in [-0.25, -0.2) is 4.55 Å². The summed E-state index contributed by atoms with van der Waals surface area (Å²) in [5, 5.41) is 0. The molecule has 0 radical (unpaired) electrons. The lowest BCUT2D eigenvalue weighted by Gasteiger charge is -1.96. The molecule has 0 aliphatic heterocycles. The van der Waals surface area contributed by atoms with E-state index in [1.54, 1.807) is 0 Å². The first-order valence-corrected chi connectivity index (χ1v) is 2.86. The van der Waals surface area contributed by atoms with Crippen molar-refractivity contribution in [1.29, 1.82) is 0 Å². The van der Waals surface area contributed by atoms with E-state index in [-0.39, 0.29) is 0 Å². The topological polar surface area (TPSA) is 57.1 Å². The first-order valence-electron chi connectivity index (χ1n) is 1.50. The second kappa shape index (κ2) is 1.77. The van der Waals surface area contributed by atoms with Gasteiger partial charge in [0.25, 0.3) is 0 Å². The lowest BCUT2D eigenvalue weighted by Crippen LogP contribution is -2.11. The number of rotatable bonds is 1. The van der Waals surface area contributed by atoms with Crippen molar-refractivity contribution in [2.45, 2.75) is 0 Å². The van der Waals surface area contributed by atoms with E-state index in [0.29, 0.717) is 0 Å². The molecule has 5 heteroatoms. The second-order valence-corrected chi connectivity index (χ2v) is 2.69. The van der Waals surface area contributed by atoms with Gasteiger partial charge < -0.3 is 0 Å². The highest BCUT2D eigenvalue weighted by molar-refractivity contribution is 7.81. The van der Waals surface area contributed by atoms with Crippen LogP contribution < -0.4 is 0 Å². The molecule has 0 rings (SSSR count). The molecule has 7 heavy (non-hydrogen) atoms. The molecule has 0 aromatic heterocycles. The quantitative estimate of drug-likeness (QED) is 0.385. The molecule has 0 atom stereocenters. The van der Waals surface area contributed by atoms with E-state index in [1.807, 2.05) is 0 Å². The Kier molecular flexibility index (Phi) is 1.74. The van der Waals surface area contributed by atoms with Gasteiger partial charge in [0, 0.05) is 0 Å². The molecule has 0 aromatic rings. The molecule has 4 nitrogen and oxygen atoms in total. The molecule has 0 unspecified atom stereocenters. The third kappa shape index (κ3) is 2.55. The number of hydrogen-bond donors (Lipinski definition) is 1. The van der Waals surface area contributed by atoms with E-state index in [1.165, 1.54) is 3.81 Å². The average Bonchev–Trinajstić information content (AvgIpc) is 1.31. The Morgan fingerprint density at radius 2 is 1.57 bits per heavy atom. The molecule has 0 spiro atoms. The van der Waals surface area contributed by atoms with Crippen LogP contribution in [0.15, 0.2) is 0 Å². The van der Waals surface area contributed by atoms with Gasteiger partial charge in [-0.15, -0.1) is 8.42 Å². The summed E-state index contributed by atoms with van der Waals surface area (Å²) in [6, 6.07) is 0. The minimum Gasteiger partial charge on any atom is -0.292 e. The van der Waals surface area contributed by atoms with Crippen molar-refractivity contribution in [3.05, 3.63) is 0 Å². The summed E-state index contributed by atoms with van der Waals surface area (Å²) >= 11 is 0. The van der Waals surface area contributed by atoms with Crippen LogP contribution in [0.1, 0.15) is 0 Å². The Morgan fingerprint density at radius 3 is 1.57 bits per heavy atom. The van der Waals surface area contributed by atoms with Crippen LogP contribution in [-0.2, 0) is 14.2 Å². The van der Waals surface area contributed by atoms with Crippen molar-refractivity contribution in [2.24, 2.45) is 0 Å². The van der Waals surface area contributed by atoms with Gasteiger partial charge in [0.05, 0.1) is 0 Å².